The smallest absolute Gasteiger partial charge is 0.169 e. The molecule has 60 heavy (non-hydrogen) atoms. The number of benzene rings is 5. The van der Waals surface area contributed by atoms with E-state index in [0.717, 1.165) is 51.2 Å². The van der Waals surface area contributed by atoms with Gasteiger partial charge in [-0.1, -0.05) is 35.6 Å². The summed E-state index contributed by atoms with van der Waals surface area (Å²) in [4.78, 5) is 3.32. The Labute approximate surface area is 345 Å². The van der Waals surface area contributed by atoms with Gasteiger partial charge in [0.2, 0.25) is 0 Å². The average Bonchev–Trinajstić information content (AvgIpc) is 4.02. The number of H-pyrrole nitrogens is 1. The van der Waals surface area contributed by atoms with Gasteiger partial charge in [0.1, 0.15) is 17.5 Å². The molecule has 5 aromatic carbocycles. The van der Waals surface area contributed by atoms with Gasteiger partial charge in [0.05, 0.1) is 11.1 Å². The Morgan fingerprint density at radius 2 is 1.40 bits per heavy atom. The standard InChI is InChI=1S/C30H30N2O6.C9H8O2.C8H11NO2/c1-10-6-15-12(3)26(34)28(36)20(17(15)7-10)21-18-8-11(2)31-24(18)22(30(38)29(21)37)19-9-16-13(4)25(33)27(35)14(5)23(16)32-19;10-8-4-6-2-1-3-7(6)5-9(8)11;9-4-3-6-1-2-7(10)8(11)5-6/h7-8,19,31-38H,6,9H2,1-5H3;1-2,4-5,10-11H,3H2;1-2,5,10-11H,3-4,9H2. The molecule has 0 bridgehead atoms. The molecule has 1 aromatic heterocycles. The number of phenolic OH excluding ortho intramolecular Hbond substituents is 9. The molecular formula is C47H49N3O10. The molecule has 0 radical (unpaired) electrons. The van der Waals surface area contributed by atoms with Crippen LogP contribution in [0.15, 0.2) is 48.0 Å². The maximum atomic E-state index is 12.5. The molecule has 13 nitrogen and oxygen atoms in total. The van der Waals surface area contributed by atoms with Crippen molar-refractivity contribution in [2.45, 2.75) is 66.3 Å². The van der Waals surface area contributed by atoms with Crippen molar-refractivity contribution in [2.24, 2.45) is 5.73 Å². The van der Waals surface area contributed by atoms with Crippen molar-refractivity contribution in [2.75, 3.05) is 6.54 Å². The van der Waals surface area contributed by atoms with Gasteiger partial charge < -0.3 is 67.1 Å². The molecular weight excluding hydrogens is 767 g/mol. The van der Waals surface area contributed by atoms with E-state index in [-0.39, 0.29) is 63.2 Å². The fraction of sp³-hybridized carbons (Fsp3) is 0.234. The number of nitrogens with two attached hydrogens (primary N) is 2. The van der Waals surface area contributed by atoms with Crippen molar-refractivity contribution in [3.05, 3.63) is 109 Å². The van der Waals surface area contributed by atoms with E-state index in [1.807, 2.05) is 43.5 Å². The number of quaternary nitrogens is 1. The van der Waals surface area contributed by atoms with Crippen molar-refractivity contribution in [3.63, 3.8) is 0 Å². The Kier molecular flexibility index (Phi) is 10.8. The summed E-state index contributed by atoms with van der Waals surface area (Å²) in [7, 11) is 0. The molecule has 6 aromatic rings. The summed E-state index contributed by atoms with van der Waals surface area (Å²) >= 11 is 0. The molecule has 2 heterocycles. The largest absolute Gasteiger partial charge is 0.870 e. The first kappa shape index (κ1) is 41.2. The minimum atomic E-state index is -0.409. The highest BCUT2D eigenvalue weighted by atomic mass is 16.3. The highest BCUT2D eigenvalue weighted by Crippen LogP contribution is 2.56. The fourth-order valence-corrected chi connectivity index (χ4v) is 8.61. The second-order valence-electron chi connectivity index (χ2n) is 15.8. The van der Waals surface area contributed by atoms with E-state index in [2.05, 4.69) is 4.98 Å². The summed E-state index contributed by atoms with van der Waals surface area (Å²) in [6, 6.07) is 9.36. The molecule has 1 atom stereocenters. The van der Waals surface area contributed by atoms with Gasteiger partial charge in [-0.05, 0) is 130 Å². The van der Waals surface area contributed by atoms with E-state index in [0.29, 0.717) is 64.5 Å². The van der Waals surface area contributed by atoms with Crippen LogP contribution in [0.5, 0.6) is 57.5 Å². The average molecular weight is 816 g/mol. The van der Waals surface area contributed by atoms with E-state index in [1.165, 1.54) is 12.1 Å². The third-order valence-electron chi connectivity index (χ3n) is 11.8. The quantitative estimate of drug-likeness (QED) is 0.0527. The molecule has 1 unspecified atom stereocenters. The summed E-state index contributed by atoms with van der Waals surface area (Å²) in [6.07, 6.45) is 8.50. The first-order chi connectivity index (χ1) is 28.4. The van der Waals surface area contributed by atoms with Crippen molar-refractivity contribution in [1.29, 1.82) is 0 Å². The zero-order valence-electron chi connectivity index (χ0n) is 33.9. The molecule has 0 spiro atoms. The number of aromatic amines is 1. The number of rotatable bonds is 4. The minimum Gasteiger partial charge on any atom is -0.870 e. The van der Waals surface area contributed by atoms with Crippen LogP contribution in [0, 0.1) is 27.7 Å². The molecule has 9 rings (SSSR count). The van der Waals surface area contributed by atoms with Crippen LogP contribution >= 0.6 is 0 Å². The third-order valence-corrected chi connectivity index (χ3v) is 11.8. The fourth-order valence-electron chi connectivity index (χ4n) is 8.61. The number of phenols is 9. The Morgan fingerprint density at radius 3 is 2.10 bits per heavy atom. The van der Waals surface area contributed by atoms with Crippen molar-refractivity contribution in [3.8, 4) is 68.6 Å². The lowest BCUT2D eigenvalue weighted by atomic mass is 9.87. The second-order valence-corrected chi connectivity index (χ2v) is 15.8. The number of nitrogens with one attached hydrogen (secondary N) is 1. The highest BCUT2D eigenvalue weighted by Gasteiger charge is 2.38. The van der Waals surface area contributed by atoms with Crippen LogP contribution in [0.2, 0.25) is 0 Å². The molecule has 0 saturated heterocycles. The maximum Gasteiger partial charge on any atom is 0.169 e. The topological polar surface area (TPSA) is 264 Å². The van der Waals surface area contributed by atoms with E-state index in [9.17, 15) is 30.6 Å². The van der Waals surface area contributed by atoms with Crippen LogP contribution in [-0.2, 0) is 25.7 Å². The Balaban J connectivity index is 0.000000200. The Morgan fingerprint density at radius 1 is 0.733 bits per heavy atom. The number of aryl methyl sites for hydroxylation is 1. The monoisotopic (exact) mass is 815 g/mol. The van der Waals surface area contributed by atoms with Crippen LogP contribution < -0.4 is 16.2 Å². The summed E-state index contributed by atoms with van der Waals surface area (Å²) in [5.41, 5.74) is 16.4. The predicted octanol–water partition coefficient (Wildman–Crippen LogP) is 6.39. The zero-order chi connectivity index (χ0) is 43.5. The van der Waals surface area contributed by atoms with Gasteiger partial charge >= 0.3 is 0 Å². The first-order valence-corrected chi connectivity index (χ1v) is 19.5. The van der Waals surface area contributed by atoms with Crippen molar-refractivity contribution < 1.29 is 56.4 Å². The summed E-state index contributed by atoms with van der Waals surface area (Å²) < 4.78 is 0. The molecule has 0 amide bonds. The molecule has 312 valence electrons. The van der Waals surface area contributed by atoms with E-state index in [1.54, 1.807) is 39.0 Å². The lowest BCUT2D eigenvalue weighted by Gasteiger charge is -2.20. The summed E-state index contributed by atoms with van der Waals surface area (Å²) in [5, 5.41) is 106. The Bertz CT molecular complexity index is 2760. The number of allylic oxidation sites excluding steroid dienone is 2. The number of aromatic hydroxyl groups is 9. The van der Waals surface area contributed by atoms with Crippen LogP contribution in [-0.4, -0.2) is 57.5 Å². The molecule has 0 fully saturated rings. The molecule has 14 N–H and O–H groups in total. The minimum absolute atomic E-state index is 0.0348. The van der Waals surface area contributed by atoms with Crippen molar-refractivity contribution >= 4 is 28.7 Å². The van der Waals surface area contributed by atoms with Crippen LogP contribution in [0.4, 0.5) is 5.69 Å². The second kappa shape index (κ2) is 15.7. The van der Waals surface area contributed by atoms with Gasteiger partial charge in [-0.15, -0.1) is 0 Å². The van der Waals surface area contributed by atoms with Crippen LogP contribution in [0.3, 0.4) is 0 Å². The first-order valence-electron chi connectivity index (χ1n) is 19.5. The lowest BCUT2D eigenvalue weighted by Crippen LogP contribution is -2.77. The predicted molar refractivity (Wildman–Crippen MR) is 227 cm³/mol. The lowest BCUT2D eigenvalue weighted by molar-refractivity contribution is -0.608. The zero-order valence-corrected chi connectivity index (χ0v) is 33.9. The van der Waals surface area contributed by atoms with Gasteiger partial charge in [-0.2, -0.15) is 0 Å². The molecule has 0 saturated carbocycles. The van der Waals surface area contributed by atoms with Gasteiger partial charge in [-0.25, -0.2) is 0 Å². The molecule has 2 aliphatic carbocycles. The molecule has 3 aliphatic rings. The number of hydrogen-bond acceptors (Lipinski definition) is 11. The van der Waals surface area contributed by atoms with Crippen LogP contribution in [0.25, 0.3) is 34.2 Å². The number of fused-ring (bicyclic) bond motifs is 4. The maximum absolute atomic E-state index is 12.5. The normalized spacial score (nSPS) is 14.6. The SMILES string of the molecule is CC1=Cc2c(c(C)c(O)c(O)c2-c2c(O)c(O)c(C3Cc4c(C)c(O)c([O-])c(C)c4[NH2+]3)c3[nH]c(C)cc23)C1.NCCc1ccc(O)c(O)c1.Oc1cc2c(cc1O)CC=C2. The van der Waals surface area contributed by atoms with Gasteiger partial charge in [0.15, 0.2) is 46.0 Å². The van der Waals surface area contributed by atoms with Crippen LogP contribution in [0.1, 0.15) is 74.3 Å². The van der Waals surface area contributed by atoms with E-state index < -0.39 is 11.5 Å². The van der Waals surface area contributed by atoms with E-state index >= 15 is 0 Å². The third kappa shape index (κ3) is 7.01. The van der Waals surface area contributed by atoms with E-state index in [4.69, 9.17) is 26.2 Å². The number of aromatic nitrogens is 1. The van der Waals surface area contributed by atoms with Gasteiger partial charge in [-0.3, -0.25) is 0 Å². The molecule has 13 heteroatoms. The Hall–Kier alpha value is -6.96. The number of hydrogen-bond donors (Lipinski definition) is 12. The summed E-state index contributed by atoms with van der Waals surface area (Å²) in [6.45, 7) is 9.52. The molecule has 1 aliphatic heterocycles. The van der Waals surface area contributed by atoms with Gasteiger partial charge in [0, 0.05) is 39.8 Å². The summed E-state index contributed by atoms with van der Waals surface area (Å²) in [5.74, 6) is -2.25. The van der Waals surface area contributed by atoms with Gasteiger partial charge in [0.25, 0.3) is 0 Å². The highest BCUT2D eigenvalue weighted by molar-refractivity contribution is 6.07. The van der Waals surface area contributed by atoms with Crippen molar-refractivity contribution in [1.82, 2.24) is 4.98 Å².